The Labute approximate surface area is 87.3 Å². The summed E-state index contributed by atoms with van der Waals surface area (Å²) in [5.41, 5.74) is -0.123. The fourth-order valence-electron chi connectivity index (χ4n) is 1.84. The minimum atomic E-state index is -0.123. The Balaban J connectivity index is 2.06. The Hall–Kier alpha value is -0.740. The first kappa shape index (κ1) is 9.80. The number of nitrogens with one attached hydrogen (secondary N) is 2. The van der Waals surface area contributed by atoms with Crippen molar-refractivity contribution in [3.63, 3.8) is 0 Å². The standard InChI is InChI=1S/C9H14ClN3O/c10-8-5-12-9(14)13(8)6-7-3-1-2-4-11-7/h5,7,11H,1-4,6H2,(H,12,14). The number of hydrogen-bond donors (Lipinski definition) is 2. The van der Waals surface area contributed by atoms with Gasteiger partial charge < -0.3 is 10.3 Å². The van der Waals surface area contributed by atoms with E-state index in [0.717, 1.165) is 13.0 Å². The SMILES string of the molecule is O=c1[nH]cc(Cl)n1CC1CCCCN1. The zero-order chi connectivity index (χ0) is 9.97. The minimum absolute atomic E-state index is 0.123. The first-order valence-corrected chi connectivity index (χ1v) is 5.32. The number of rotatable bonds is 2. The largest absolute Gasteiger partial charge is 0.326 e. The first-order valence-electron chi connectivity index (χ1n) is 4.94. The summed E-state index contributed by atoms with van der Waals surface area (Å²) in [6.07, 6.45) is 5.11. The molecule has 1 saturated heterocycles. The molecule has 1 aliphatic rings. The zero-order valence-corrected chi connectivity index (χ0v) is 8.68. The van der Waals surface area contributed by atoms with Gasteiger partial charge in [0.1, 0.15) is 5.15 Å². The van der Waals surface area contributed by atoms with Crippen LogP contribution in [-0.2, 0) is 6.54 Å². The maximum Gasteiger partial charge on any atom is 0.326 e. The van der Waals surface area contributed by atoms with E-state index in [1.807, 2.05) is 0 Å². The molecule has 0 amide bonds. The van der Waals surface area contributed by atoms with E-state index in [1.54, 1.807) is 4.57 Å². The van der Waals surface area contributed by atoms with Crippen LogP contribution in [0.3, 0.4) is 0 Å². The zero-order valence-electron chi connectivity index (χ0n) is 7.92. The van der Waals surface area contributed by atoms with Crippen LogP contribution < -0.4 is 11.0 Å². The van der Waals surface area contributed by atoms with Gasteiger partial charge in [0, 0.05) is 18.8 Å². The molecule has 1 aromatic rings. The fraction of sp³-hybridized carbons (Fsp3) is 0.667. The van der Waals surface area contributed by atoms with Gasteiger partial charge in [-0.05, 0) is 19.4 Å². The molecule has 0 aromatic carbocycles. The van der Waals surface area contributed by atoms with Crippen LogP contribution in [0.25, 0.3) is 0 Å². The summed E-state index contributed by atoms with van der Waals surface area (Å²) >= 11 is 5.87. The van der Waals surface area contributed by atoms with Crippen LogP contribution >= 0.6 is 11.6 Å². The third-order valence-electron chi connectivity index (χ3n) is 2.63. The number of piperidine rings is 1. The van der Waals surface area contributed by atoms with Crippen molar-refractivity contribution in [1.29, 1.82) is 0 Å². The molecule has 0 radical (unpaired) electrons. The van der Waals surface area contributed by atoms with E-state index in [2.05, 4.69) is 10.3 Å². The average molecular weight is 216 g/mol. The Bertz CT molecular complexity index is 351. The van der Waals surface area contributed by atoms with E-state index in [4.69, 9.17) is 11.6 Å². The molecular weight excluding hydrogens is 202 g/mol. The molecule has 2 rings (SSSR count). The Morgan fingerprint density at radius 3 is 3.00 bits per heavy atom. The number of aromatic amines is 1. The van der Waals surface area contributed by atoms with Gasteiger partial charge in [-0.1, -0.05) is 18.0 Å². The molecule has 0 saturated carbocycles. The maximum atomic E-state index is 11.3. The predicted molar refractivity (Wildman–Crippen MR) is 55.7 cm³/mol. The van der Waals surface area contributed by atoms with E-state index >= 15 is 0 Å². The molecular formula is C9H14ClN3O. The summed E-state index contributed by atoms with van der Waals surface area (Å²) in [7, 11) is 0. The van der Waals surface area contributed by atoms with Gasteiger partial charge in [-0.25, -0.2) is 4.79 Å². The van der Waals surface area contributed by atoms with Crippen molar-refractivity contribution in [3.05, 3.63) is 21.8 Å². The number of H-pyrrole nitrogens is 1. The Kier molecular flexibility index (Phi) is 2.93. The summed E-state index contributed by atoms with van der Waals surface area (Å²) in [6, 6.07) is 0.384. The quantitative estimate of drug-likeness (QED) is 0.773. The number of halogens is 1. The second kappa shape index (κ2) is 4.19. The monoisotopic (exact) mass is 215 g/mol. The maximum absolute atomic E-state index is 11.3. The molecule has 5 heteroatoms. The van der Waals surface area contributed by atoms with Gasteiger partial charge in [0.2, 0.25) is 0 Å². The van der Waals surface area contributed by atoms with Crippen molar-refractivity contribution in [1.82, 2.24) is 14.9 Å². The van der Waals surface area contributed by atoms with E-state index in [-0.39, 0.29) is 5.69 Å². The van der Waals surface area contributed by atoms with Crippen molar-refractivity contribution in [2.75, 3.05) is 6.54 Å². The molecule has 0 spiro atoms. The highest BCUT2D eigenvalue weighted by Gasteiger charge is 2.15. The highest BCUT2D eigenvalue weighted by molar-refractivity contribution is 6.29. The lowest BCUT2D eigenvalue weighted by Gasteiger charge is -2.23. The first-order chi connectivity index (χ1) is 6.77. The molecule has 2 N–H and O–H groups in total. The van der Waals surface area contributed by atoms with Crippen molar-refractivity contribution < 1.29 is 0 Å². The Morgan fingerprint density at radius 1 is 1.57 bits per heavy atom. The van der Waals surface area contributed by atoms with E-state index in [0.29, 0.717) is 17.7 Å². The third kappa shape index (κ3) is 2.01. The van der Waals surface area contributed by atoms with Gasteiger partial charge >= 0.3 is 5.69 Å². The summed E-state index contributed by atoms with van der Waals surface area (Å²) in [4.78, 5) is 13.9. The smallest absolute Gasteiger partial charge is 0.312 e. The molecule has 0 aliphatic carbocycles. The van der Waals surface area contributed by atoms with E-state index in [1.165, 1.54) is 19.0 Å². The minimum Gasteiger partial charge on any atom is -0.312 e. The number of imidazole rings is 1. The van der Waals surface area contributed by atoms with Gasteiger partial charge in [-0.2, -0.15) is 0 Å². The molecule has 1 aromatic heterocycles. The topological polar surface area (TPSA) is 49.8 Å². The van der Waals surface area contributed by atoms with Crippen LogP contribution in [0.15, 0.2) is 11.0 Å². The van der Waals surface area contributed by atoms with Gasteiger partial charge in [-0.3, -0.25) is 4.57 Å². The molecule has 1 aliphatic heterocycles. The van der Waals surface area contributed by atoms with Crippen molar-refractivity contribution in [2.45, 2.75) is 31.8 Å². The molecule has 78 valence electrons. The summed E-state index contributed by atoms with van der Waals surface area (Å²) < 4.78 is 1.57. The molecule has 1 fully saturated rings. The lowest BCUT2D eigenvalue weighted by Crippen LogP contribution is -2.39. The average Bonchev–Trinajstić information content (AvgIpc) is 2.51. The van der Waals surface area contributed by atoms with Crippen LogP contribution in [0.5, 0.6) is 0 Å². The number of nitrogens with zero attached hydrogens (tertiary/aromatic N) is 1. The van der Waals surface area contributed by atoms with Crippen molar-refractivity contribution in [3.8, 4) is 0 Å². The summed E-state index contributed by atoms with van der Waals surface area (Å²) in [5.74, 6) is 0. The molecule has 2 heterocycles. The summed E-state index contributed by atoms with van der Waals surface area (Å²) in [5, 5.41) is 3.87. The molecule has 1 atom stereocenters. The highest BCUT2D eigenvalue weighted by atomic mass is 35.5. The molecule has 4 nitrogen and oxygen atoms in total. The number of hydrogen-bond acceptors (Lipinski definition) is 2. The molecule has 1 unspecified atom stereocenters. The van der Waals surface area contributed by atoms with Crippen molar-refractivity contribution in [2.24, 2.45) is 0 Å². The third-order valence-corrected chi connectivity index (χ3v) is 2.95. The van der Waals surface area contributed by atoms with Gasteiger partial charge in [0.25, 0.3) is 0 Å². The van der Waals surface area contributed by atoms with Crippen LogP contribution in [0, 0.1) is 0 Å². The fourth-order valence-corrected chi connectivity index (χ4v) is 2.04. The van der Waals surface area contributed by atoms with Crippen LogP contribution in [0.1, 0.15) is 19.3 Å². The predicted octanol–water partition coefficient (Wildman–Crippen LogP) is 0.972. The second-order valence-corrected chi connectivity index (χ2v) is 4.06. The van der Waals surface area contributed by atoms with Crippen LogP contribution in [-0.4, -0.2) is 22.1 Å². The van der Waals surface area contributed by atoms with Crippen LogP contribution in [0.2, 0.25) is 5.15 Å². The lowest BCUT2D eigenvalue weighted by atomic mass is 10.1. The molecule has 14 heavy (non-hydrogen) atoms. The lowest BCUT2D eigenvalue weighted by molar-refractivity contribution is 0.360. The van der Waals surface area contributed by atoms with Gasteiger partial charge in [0.05, 0.1) is 0 Å². The summed E-state index contributed by atoms with van der Waals surface area (Å²) in [6.45, 7) is 1.71. The van der Waals surface area contributed by atoms with Gasteiger partial charge in [0.15, 0.2) is 0 Å². The van der Waals surface area contributed by atoms with E-state index in [9.17, 15) is 4.79 Å². The Morgan fingerprint density at radius 2 is 2.43 bits per heavy atom. The second-order valence-electron chi connectivity index (χ2n) is 3.67. The number of aromatic nitrogens is 2. The van der Waals surface area contributed by atoms with Gasteiger partial charge in [-0.15, -0.1) is 0 Å². The normalized spacial score (nSPS) is 22.5. The van der Waals surface area contributed by atoms with E-state index < -0.39 is 0 Å². The van der Waals surface area contributed by atoms with Crippen LogP contribution in [0.4, 0.5) is 0 Å². The highest BCUT2D eigenvalue weighted by Crippen LogP contribution is 2.11. The van der Waals surface area contributed by atoms with Crippen molar-refractivity contribution >= 4 is 11.6 Å². The molecule has 0 bridgehead atoms.